The first-order chi connectivity index (χ1) is 8.72. The fraction of sp³-hybridized carbons (Fsp3) is 0.0909. The number of hydrogen-bond acceptors (Lipinski definition) is 6. The average Bonchev–Trinajstić information content (AvgIpc) is 2.81. The monoisotopic (exact) mass is 309 g/mol. The number of hydrogen-bond donors (Lipinski definition) is 1. The van der Waals surface area contributed by atoms with Crippen LogP contribution < -0.4 is 19.9 Å². The summed E-state index contributed by atoms with van der Waals surface area (Å²) in [6.45, 7) is 0.225. The predicted octanol–water partition coefficient (Wildman–Crippen LogP) is 2.34. The number of anilines is 1. The summed E-state index contributed by atoms with van der Waals surface area (Å²) in [6.07, 6.45) is 1.53. The van der Waals surface area contributed by atoms with Gasteiger partial charge in [0.1, 0.15) is 5.75 Å². The van der Waals surface area contributed by atoms with E-state index in [4.69, 9.17) is 19.9 Å². The van der Waals surface area contributed by atoms with E-state index < -0.39 is 0 Å². The molecule has 0 unspecified atom stereocenters. The van der Waals surface area contributed by atoms with Gasteiger partial charge in [0, 0.05) is 6.07 Å². The lowest BCUT2D eigenvalue weighted by molar-refractivity contribution is 0.174. The Morgan fingerprint density at radius 3 is 3.00 bits per heavy atom. The van der Waals surface area contributed by atoms with Gasteiger partial charge in [0.2, 0.25) is 18.6 Å². The third-order valence-corrected chi connectivity index (χ3v) is 2.83. The normalized spacial score (nSPS) is 12.5. The number of rotatable bonds is 2. The Balaban J connectivity index is 1.90. The van der Waals surface area contributed by atoms with Gasteiger partial charge in [-0.1, -0.05) is 0 Å². The number of halogens is 1. The van der Waals surface area contributed by atoms with Crippen LogP contribution >= 0.6 is 15.9 Å². The standard InChI is InChI=1S/C11H8BrN3O3/c12-7-4-14-11(13)15-10(7)18-6-1-2-8-9(3-6)17-5-16-8/h1-4H,5H2,(H2,13,14,15). The first-order valence-corrected chi connectivity index (χ1v) is 5.87. The van der Waals surface area contributed by atoms with Crippen LogP contribution in [0.2, 0.25) is 0 Å². The summed E-state index contributed by atoms with van der Waals surface area (Å²) in [4.78, 5) is 7.82. The van der Waals surface area contributed by atoms with Crippen LogP contribution in [0.4, 0.5) is 5.95 Å². The van der Waals surface area contributed by atoms with Crippen LogP contribution in [0.1, 0.15) is 0 Å². The number of aromatic nitrogens is 2. The van der Waals surface area contributed by atoms with Crippen molar-refractivity contribution in [1.29, 1.82) is 0 Å². The minimum atomic E-state index is 0.147. The van der Waals surface area contributed by atoms with E-state index in [2.05, 4.69) is 25.9 Å². The molecule has 1 aliphatic heterocycles. The van der Waals surface area contributed by atoms with Crippen molar-refractivity contribution in [1.82, 2.24) is 9.97 Å². The molecule has 0 spiro atoms. The lowest BCUT2D eigenvalue weighted by Crippen LogP contribution is -1.97. The molecule has 18 heavy (non-hydrogen) atoms. The Bertz CT molecular complexity index is 606. The highest BCUT2D eigenvalue weighted by atomic mass is 79.9. The van der Waals surface area contributed by atoms with Gasteiger partial charge in [-0.15, -0.1) is 0 Å². The molecule has 1 aromatic carbocycles. The molecule has 0 fully saturated rings. The summed E-state index contributed by atoms with van der Waals surface area (Å²) < 4.78 is 16.7. The third kappa shape index (κ3) is 2.04. The number of ether oxygens (including phenoxy) is 3. The maximum atomic E-state index is 5.60. The van der Waals surface area contributed by atoms with E-state index >= 15 is 0 Å². The lowest BCUT2D eigenvalue weighted by Gasteiger charge is -2.07. The Morgan fingerprint density at radius 2 is 2.11 bits per heavy atom. The maximum Gasteiger partial charge on any atom is 0.238 e. The molecule has 0 saturated carbocycles. The zero-order valence-corrected chi connectivity index (χ0v) is 10.7. The molecule has 7 heteroatoms. The summed E-state index contributed by atoms with van der Waals surface area (Å²) in [5.74, 6) is 2.42. The Kier molecular flexibility index (Phi) is 2.67. The van der Waals surface area contributed by atoms with Crippen LogP contribution in [0, 0.1) is 0 Å². The van der Waals surface area contributed by atoms with Crippen molar-refractivity contribution >= 4 is 21.9 Å². The molecule has 0 saturated heterocycles. The van der Waals surface area contributed by atoms with Crippen LogP contribution in [0.15, 0.2) is 28.9 Å². The number of nitrogens with two attached hydrogens (primary N) is 1. The molecule has 1 aliphatic rings. The van der Waals surface area contributed by atoms with Crippen molar-refractivity contribution in [3.8, 4) is 23.1 Å². The predicted molar refractivity (Wildman–Crippen MR) is 66.8 cm³/mol. The van der Waals surface area contributed by atoms with Crippen LogP contribution in [-0.4, -0.2) is 16.8 Å². The first kappa shape index (κ1) is 11.1. The summed E-state index contributed by atoms with van der Waals surface area (Å²) in [5, 5.41) is 0. The van der Waals surface area contributed by atoms with Gasteiger partial charge in [-0.3, -0.25) is 0 Å². The number of nitrogen functional groups attached to an aromatic ring is 1. The van der Waals surface area contributed by atoms with Gasteiger partial charge in [0.05, 0.1) is 10.7 Å². The zero-order chi connectivity index (χ0) is 12.5. The largest absolute Gasteiger partial charge is 0.454 e. The van der Waals surface area contributed by atoms with E-state index in [1.165, 1.54) is 6.20 Å². The molecule has 6 nitrogen and oxygen atoms in total. The molecule has 0 atom stereocenters. The molecular formula is C11H8BrN3O3. The van der Waals surface area contributed by atoms with Gasteiger partial charge in [0.15, 0.2) is 11.5 Å². The van der Waals surface area contributed by atoms with Gasteiger partial charge >= 0.3 is 0 Å². The SMILES string of the molecule is Nc1ncc(Br)c(Oc2ccc3c(c2)OCO3)n1. The molecule has 92 valence electrons. The molecule has 0 amide bonds. The van der Waals surface area contributed by atoms with Crippen molar-refractivity contribution in [2.45, 2.75) is 0 Å². The van der Waals surface area contributed by atoms with Gasteiger partial charge in [0.25, 0.3) is 0 Å². The molecule has 3 rings (SSSR count). The summed E-state index contributed by atoms with van der Waals surface area (Å²) in [7, 11) is 0. The number of benzene rings is 1. The summed E-state index contributed by atoms with van der Waals surface area (Å²) >= 11 is 3.29. The van der Waals surface area contributed by atoms with Crippen LogP contribution in [-0.2, 0) is 0 Å². The summed E-state index contributed by atoms with van der Waals surface area (Å²) in [6, 6.07) is 5.27. The smallest absolute Gasteiger partial charge is 0.238 e. The number of fused-ring (bicyclic) bond motifs is 1. The topological polar surface area (TPSA) is 79.5 Å². The minimum absolute atomic E-state index is 0.147. The minimum Gasteiger partial charge on any atom is -0.454 e. The average molecular weight is 310 g/mol. The van der Waals surface area contributed by atoms with E-state index in [1.807, 2.05) is 0 Å². The zero-order valence-electron chi connectivity index (χ0n) is 9.09. The van der Waals surface area contributed by atoms with Crippen molar-refractivity contribution in [2.75, 3.05) is 12.5 Å². The van der Waals surface area contributed by atoms with Gasteiger partial charge in [-0.25, -0.2) is 4.98 Å². The first-order valence-electron chi connectivity index (χ1n) is 5.08. The van der Waals surface area contributed by atoms with E-state index in [9.17, 15) is 0 Å². The second kappa shape index (κ2) is 4.34. The molecule has 0 aliphatic carbocycles. The molecule has 2 heterocycles. The van der Waals surface area contributed by atoms with Crippen LogP contribution in [0.5, 0.6) is 23.1 Å². The van der Waals surface area contributed by atoms with E-state index in [0.29, 0.717) is 27.6 Å². The van der Waals surface area contributed by atoms with Gasteiger partial charge in [-0.2, -0.15) is 4.98 Å². The fourth-order valence-corrected chi connectivity index (χ4v) is 1.76. The maximum absolute atomic E-state index is 5.60. The van der Waals surface area contributed by atoms with Gasteiger partial charge < -0.3 is 19.9 Å². The molecule has 1 aromatic heterocycles. The van der Waals surface area contributed by atoms with Crippen molar-refractivity contribution in [2.24, 2.45) is 0 Å². The van der Waals surface area contributed by atoms with Gasteiger partial charge in [-0.05, 0) is 28.1 Å². The lowest BCUT2D eigenvalue weighted by atomic mass is 10.3. The molecule has 0 radical (unpaired) electrons. The van der Waals surface area contributed by atoms with Crippen LogP contribution in [0.3, 0.4) is 0 Å². The van der Waals surface area contributed by atoms with Crippen molar-refractivity contribution in [3.05, 3.63) is 28.9 Å². The Hall–Kier alpha value is -2.02. The molecule has 2 N–H and O–H groups in total. The fourth-order valence-electron chi connectivity index (χ4n) is 1.49. The third-order valence-electron chi connectivity index (χ3n) is 2.29. The Labute approximate surface area is 111 Å². The molecular weight excluding hydrogens is 302 g/mol. The van der Waals surface area contributed by atoms with Crippen molar-refractivity contribution in [3.63, 3.8) is 0 Å². The second-order valence-corrected chi connectivity index (χ2v) is 4.35. The Morgan fingerprint density at radius 1 is 1.28 bits per heavy atom. The molecule has 2 aromatic rings. The molecule has 0 bridgehead atoms. The second-order valence-electron chi connectivity index (χ2n) is 3.50. The van der Waals surface area contributed by atoms with Crippen molar-refractivity contribution < 1.29 is 14.2 Å². The summed E-state index contributed by atoms with van der Waals surface area (Å²) in [5.41, 5.74) is 5.50. The van der Waals surface area contributed by atoms with E-state index in [0.717, 1.165) is 0 Å². The van der Waals surface area contributed by atoms with E-state index in [-0.39, 0.29) is 12.7 Å². The highest BCUT2D eigenvalue weighted by Gasteiger charge is 2.15. The van der Waals surface area contributed by atoms with E-state index in [1.54, 1.807) is 18.2 Å². The quantitative estimate of drug-likeness (QED) is 0.917. The highest BCUT2D eigenvalue weighted by molar-refractivity contribution is 9.10. The number of nitrogens with zero attached hydrogens (tertiary/aromatic N) is 2. The highest BCUT2D eigenvalue weighted by Crippen LogP contribution is 2.37. The van der Waals surface area contributed by atoms with Crippen LogP contribution in [0.25, 0.3) is 0 Å².